The van der Waals surface area contributed by atoms with Crippen molar-refractivity contribution in [2.45, 2.75) is 30.8 Å². The lowest BCUT2D eigenvalue weighted by Crippen LogP contribution is -2.28. The highest BCUT2D eigenvalue weighted by atomic mass is 32.2. The fraction of sp³-hybridized carbons (Fsp3) is 0.208. The average Bonchev–Trinajstić information content (AvgIpc) is 3.23. The standard InChI is InChI=1S/C24H23FN4O3S/c1-3-5-21(16-8-13-23(26-14-16)33(2,31)32)28-24(30)19-6-4-7-22-20(19)15-27-29(22)18-11-9-17(25)10-12-18/h4,6-15,21H,3,5H2,1-2H3,(H,28,30). The number of carbonyl (C=O) groups is 1. The van der Waals surface area contributed by atoms with Crippen molar-refractivity contribution >= 4 is 26.6 Å². The zero-order chi connectivity index (χ0) is 23.6. The lowest BCUT2D eigenvalue weighted by atomic mass is 10.0. The summed E-state index contributed by atoms with van der Waals surface area (Å²) in [7, 11) is -3.40. The topological polar surface area (TPSA) is 94.0 Å². The summed E-state index contributed by atoms with van der Waals surface area (Å²) in [6.07, 6.45) is 5.68. The van der Waals surface area contributed by atoms with Crippen LogP contribution in [0.3, 0.4) is 0 Å². The molecule has 4 aromatic rings. The maximum Gasteiger partial charge on any atom is 0.252 e. The average molecular weight is 467 g/mol. The first-order valence-corrected chi connectivity index (χ1v) is 12.4. The molecule has 7 nitrogen and oxygen atoms in total. The number of benzene rings is 2. The van der Waals surface area contributed by atoms with Crippen molar-refractivity contribution in [3.05, 3.63) is 83.9 Å². The van der Waals surface area contributed by atoms with Crippen molar-refractivity contribution in [1.29, 1.82) is 0 Å². The van der Waals surface area contributed by atoms with Crippen LogP contribution in [0.25, 0.3) is 16.6 Å². The third-order valence-electron chi connectivity index (χ3n) is 5.35. The molecule has 0 aliphatic heterocycles. The minimum Gasteiger partial charge on any atom is -0.345 e. The normalized spacial score (nSPS) is 12.6. The number of nitrogens with zero attached hydrogens (tertiary/aromatic N) is 3. The number of sulfone groups is 1. The van der Waals surface area contributed by atoms with E-state index < -0.39 is 9.84 Å². The van der Waals surface area contributed by atoms with Gasteiger partial charge in [0.2, 0.25) is 0 Å². The van der Waals surface area contributed by atoms with E-state index in [1.807, 2.05) is 13.0 Å². The van der Waals surface area contributed by atoms with Gasteiger partial charge in [-0.1, -0.05) is 25.5 Å². The van der Waals surface area contributed by atoms with Gasteiger partial charge in [-0.3, -0.25) is 4.79 Å². The summed E-state index contributed by atoms with van der Waals surface area (Å²) in [5.74, 6) is -0.610. The number of carbonyl (C=O) groups excluding carboxylic acids is 1. The van der Waals surface area contributed by atoms with Gasteiger partial charge in [0.25, 0.3) is 5.91 Å². The highest BCUT2D eigenvalue weighted by Crippen LogP contribution is 2.24. The predicted molar refractivity (Wildman–Crippen MR) is 123 cm³/mol. The largest absolute Gasteiger partial charge is 0.345 e. The number of fused-ring (bicyclic) bond motifs is 1. The van der Waals surface area contributed by atoms with Crippen LogP contribution >= 0.6 is 0 Å². The van der Waals surface area contributed by atoms with Crippen molar-refractivity contribution in [2.75, 3.05) is 6.26 Å². The molecule has 9 heteroatoms. The molecule has 170 valence electrons. The highest BCUT2D eigenvalue weighted by molar-refractivity contribution is 7.90. The Morgan fingerprint density at radius 1 is 1.09 bits per heavy atom. The van der Waals surface area contributed by atoms with Gasteiger partial charge in [-0.2, -0.15) is 5.10 Å². The molecule has 33 heavy (non-hydrogen) atoms. The number of pyridine rings is 1. The van der Waals surface area contributed by atoms with E-state index >= 15 is 0 Å². The number of amides is 1. The molecule has 0 spiro atoms. The third kappa shape index (κ3) is 4.78. The Morgan fingerprint density at radius 3 is 2.48 bits per heavy atom. The van der Waals surface area contributed by atoms with Crippen LogP contribution in [0.2, 0.25) is 0 Å². The van der Waals surface area contributed by atoms with Gasteiger partial charge in [0.15, 0.2) is 14.9 Å². The lowest BCUT2D eigenvalue weighted by molar-refractivity contribution is 0.0936. The lowest BCUT2D eigenvalue weighted by Gasteiger charge is -2.19. The molecule has 0 aliphatic rings. The van der Waals surface area contributed by atoms with Gasteiger partial charge in [0, 0.05) is 17.8 Å². The van der Waals surface area contributed by atoms with Gasteiger partial charge in [-0.25, -0.2) is 22.5 Å². The fourth-order valence-corrected chi connectivity index (χ4v) is 4.26. The Hall–Kier alpha value is -3.59. The fourth-order valence-electron chi connectivity index (χ4n) is 3.70. The van der Waals surface area contributed by atoms with Crippen molar-refractivity contribution < 1.29 is 17.6 Å². The smallest absolute Gasteiger partial charge is 0.252 e. The summed E-state index contributed by atoms with van der Waals surface area (Å²) in [6, 6.07) is 14.1. The second kappa shape index (κ2) is 9.11. The zero-order valence-corrected chi connectivity index (χ0v) is 19.0. The van der Waals surface area contributed by atoms with Gasteiger partial charge >= 0.3 is 0 Å². The predicted octanol–water partition coefficient (Wildman–Crippen LogP) is 4.23. The molecule has 1 unspecified atom stereocenters. The van der Waals surface area contributed by atoms with E-state index in [4.69, 9.17) is 0 Å². The van der Waals surface area contributed by atoms with Crippen LogP contribution in [-0.2, 0) is 9.84 Å². The van der Waals surface area contributed by atoms with E-state index in [1.54, 1.807) is 41.2 Å². The molecule has 0 bridgehead atoms. The number of halogens is 1. The first kappa shape index (κ1) is 22.6. The van der Waals surface area contributed by atoms with Gasteiger partial charge in [-0.15, -0.1) is 0 Å². The van der Waals surface area contributed by atoms with Crippen LogP contribution in [0.5, 0.6) is 0 Å². The van der Waals surface area contributed by atoms with Crippen LogP contribution in [-0.4, -0.2) is 35.3 Å². The highest BCUT2D eigenvalue weighted by Gasteiger charge is 2.20. The van der Waals surface area contributed by atoms with Crippen LogP contribution < -0.4 is 5.32 Å². The van der Waals surface area contributed by atoms with E-state index in [0.717, 1.165) is 23.8 Å². The Kier molecular flexibility index (Phi) is 6.24. The SMILES string of the molecule is CCCC(NC(=O)c1cccc2c1cnn2-c1ccc(F)cc1)c1ccc(S(C)(=O)=O)nc1. The monoisotopic (exact) mass is 466 g/mol. The van der Waals surface area contributed by atoms with Crippen LogP contribution in [0.15, 0.2) is 72.0 Å². The van der Waals surface area contributed by atoms with Crippen molar-refractivity contribution in [3.63, 3.8) is 0 Å². The minimum atomic E-state index is -3.40. The number of aromatic nitrogens is 3. The van der Waals surface area contributed by atoms with E-state index in [1.165, 1.54) is 24.4 Å². The molecule has 0 aliphatic carbocycles. The second-order valence-corrected chi connectivity index (χ2v) is 9.75. The molecule has 0 fully saturated rings. The van der Waals surface area contributed by atoms with E-state index in [0.29, 0.717) is 23.1 Å². The van der Waals surface area contributed by atoms with Crippen LogP contribution in [0, 0.1) is 5.82 Å². The molecule has 2 aromatic heterocycles. The zero-order valence-electron chi connectivity index (χ0n) is 18.2. The molecule has 1 amide bonds. The van der Waals surface area contributed by atoms with Crippen molar-refractivity contribution in [1.82, 2.24) is 20.1 Å². The Bertz CT molecular complexity index is 1400. The number of nitrogens with one attached hydrogen (secondary N) is 1. The van der Waals surface area contributed by atoms with Crippen LogP contribution in [0.1, 0.15) is 41.7 Å². The van der Waals surface area contributed by atoms with Gasteiger partial charge in [0.05, 0.1) is 29.0 Å². The summed E-state index contributed by atoms with van der Waals surface area (Å²) < 4.78 is 38.3. The van der Waals surface area contributed by atoms with E-state index in [9.17, 15) is 17.6 Å². The summed E-state index contributed by atoms with van der Waals surface area (Å²) in [6.45, 7) is 2.00. The number of rotatable bonds is 7. The first-order valence-electron chi connectivity index (χ1n) is 10.5. The van der Waals surface area contributed by atoms with Gasteiger partial charge in [-0.05, 0) is 54.4 Å². The maximum atomic E-state index is 13.3. The Labute approximate surface area is 191 Å². The maximum absolute atomic E-state index is 13.3. The van der Waals surface area contributed by atoms with Crippen LogP contribution in [0.4, 0.5) is 4.39 Å². The summed E-state index contributed by atoms with van der Waals surface area (Å²) in [5, 5.41) is 8.09. The molecule has 4 rings (SSSR count). The molecule has 2 heterocycles. The van der Waals surface area contributed by atoms with E-state index in [2.05, 4.69) is 15.4 Å². The van der Waals surface area contributed by atoms with Gasteiger partial charge in [0.1, 0.15) is 5.82 Å². The number of hydrogen-bond donors (Lipinski definition) is 1. The van der Waals surface area contributed by atoms with Crippen molar-refractivity contribution in [3.8, 4) is 5.69 Å². The molecule has 0 radical (unpaired) electrons. The summed E-state index contributed by atoms with van der Waals surface area (Å²) >= 11 is 0. The summed E-state index contributed by atoms with van der Waals surface area (Å²) in [4.78, 5) is 17.3. The molecule has 1 atom stereocenters. The summed E-state index contributed by atoms with van der Waals surface area (Å²) in [5.41, 5.74) is 2.60. The Balaban J connectivity index is 1.64. The quantitative estimate of drug-likeness (QED) is 0.440. The Morgan fingerprint density at radius 2 is 1.85 bits per heavy atom. The van der Waals surface area contributed by atoms with E-state index in [-0.39, 0.29) is 22.8 Å². The minimum absolute atomic E-state index is 0.00852. The molecular formula is C24H23FN4O3S. The third-order valence-corrected chi connectivity index (χ3v) is 6.35. The molecular weight excluding hydrogens is 443 g/mol. The molecule has 0 saturated heterocycles. The molecule has 1 N–H and O–H groups in total. The van der Waals surface area contributed by atoms with Crippen molar-refractivity contribution in [2.24, 2.45) is 0 Å². The molecule has 2 aromatic carbocycles. The molecule has 0 saturated carbocycles. The van der Waals surface area contributed by atoms with Gasteiger partial charge < -0.3 is 5.32 Å². The number of hydrogen-bond acceptors (Lipinski definition) is 5. The first-order chi connectivity index (χ1) is 15.8. The second-order valence-electron chi connectivity index (χ2n) is 7.79.